The SMILES string of the molecule is Cc1ccc(Cl)cc1NC(=O)NCc1cc(F)ccc1F. The fourth-order valence-electron chi connectivity index (χ4n) is 1.75. The van der Waals surface area contributed by atoms with Gasteiger partial charge in [0.05, 0.1) is 0 Å². The molecule has 0 radical (unpaired) electrons. The molecule has 0 aliphatic carbocycles. The van der Waals surface area contributed by atoms with Crippen molar-refractivity contribution in [3.8, 4) is 0 Å². The summed E-state index contributed by atoms with van der Waals surface area (Å²) < 4.78 is 26.4. The number of hydrogen-bond donors (Lipinski definition) is 2. The zero-order valence-corrected chi connectivity index (χ0v) is 12.0. The lowest BCUT2D eigenvalue weighted by atomic mass is 10.2. The summed E-state index contributed by atoms with van der Waals surface area (Å²) in [5.41, 5.74) is 1.47. The second-order valence-electron chi connectivity index (χ2n) is 4.50. The van der Waals surface area contributed by atoms with Gasteiger partial charge in [-0.1, -0.05) is 17.7 Å². The van der Waals surface area contributed by atoms with Crippen LogP contribution in [0, 0.1) is 18.6 Å². The molecule has 21 heavy (non-hydrogen) atoms. The highest BCUT2D eigenvalue weighted by atomic mass is 35.5. The van der Waals surface area contributed by atoms with E-state index in [1.807, 2.05) is 6.92 Å². The van der Waals surface area contributed by atoms with Gasteiger partial charge in [0.1, 0.15) is 11.6 Å². The highest BCUT2D eigenvalue weighted by Crippen LogP contribution is 2.20. The Balaban J connectivity index is 1.99. The molecule has 0 aliphatic rings. The number of hydrogen-bond acceptors (Lipinski definition) is 1. The molecule has 0 bridgehead atoms. The van der Waals surface area contributed by atoms with Gasteiger partial charge in [-0.3, -0.25) is 0 Å². The van der Waals surface area contributed by atoms with E-state index in [-0.39, 0.29) is 12.1 Å². The highest BCUT2D eigenvalue weighted by molar-refractivity contribution is 6.31. The number of halogens is 3. The Morgan fingerprint density at radius 3 is 2.71 bits per heavy atom. The number of carbonyl (C=O) groups excluding carboxylic acids is 1. The molecule has 0 aromatic heterocycles. The van der Waals surface area contributed by atoms with Gasteiger partial charge in [0.25, 0.3) is 0 Å². The van der Waals surface area contributed by atoms with Gasteiger partial charge in [-0.25, -0.2) is 13.6 Å². The van der Waals surface area contributed by atoms with Crippen molar-refractivity contribution in [2.24, 2.45) is 0 Å². The molecule has 2 amide bonds. The van der Waals surface area contributed by atoms with Gasteiger partial charge in [0.15, 0.2) is 0 Å². The molecule has 2 N–H and O–H groups in total. The van der Waals surface area contributed by atoms with E-state index in [9.17, 15) is 13.6 Å². The first-order valence-corrected chi connectivity index (χ1v) is 6.58. The van der Waals surface area contributed by atoms with Gasteiger partial charge in [-0.05, 0) is 42.8 Å². The molecule has 2 rings (SSSR count). The Bertz CT molecular complexity index is 677. The maximum Gasteiger partial charge on any atom is 0.319 e. The van der Waals surface area contributed by atoms with Crippen LogP contribution in [-0.4, -0.2) is 6.03 Å². The van der Waals surface area contributed by atoms with Crippen LogP contribution in [-0.2, 0) is 6.54 Å². The van der Waals surface area contributed by atoms with Crippen molar-refractivity contribution in [2.75, 3.05) is 5.32 Å². The third-order valence-corrected chi connectivity index (χ3v) is 3.13. The van der Waals surface area contributed by atoms with E-state index in [1.165, 1.54) is 0 Å². The van der Waals surface area contributed by atoms with Crippen LogP contribution in [0.25, 0.3) is 0 Å². The van der Waals surface area contributed by atoms with E-state index in [4.69, 9.17) is 11.6 Å². The van der Waals surface area contributed by atoms with Crippen LogP contribution in [0.15, 0.2) is 36.4 Å². The van der Waals surface area contributed by atoms with E-state index < -0.39 is 17.7 Å². The molecule has 0 saturated heterocycles. The van der Waals surface area contributed by atoms with E-state index in [0.717, 1.165) is 23.8 Å². The summed E-state index contributed by atoms with van der Waals surface area (Å²) in [5.74, 6) is -1.13. The summed E-state index contributed by atoms with van der Waals surface area (Å²) in [4.78, 5) is 11.8. The Hall–Kier alpha value is -2.14. The highest BCUT2D eigenvalue weighted by Gasteiger charge is 2.08. The maximum atomic E-state index is 13.4. The molecule has 0 heterocycles. The fraction of sp³-hybridized carbons (Fsp3) is 0.133. The number of benzene rings is 2. The summed E-state index contributed by atoms with van der Waals surface area (Å²) in [7, 11) is 0. The molecule has 0 aliphatic heterocycles. The Morgan fingerprint density at radius 2 is 1.95 bits per heavy atom. The van der Waals surface area contributed by atoms with Crippen molar-refractivity contribution in [1.82, 2.24) is 5.32 Å². The monoisotopic (exact) mass is 310 g/mol. The summed E-state index contributed by atoms with van der Waals surface area (Å²) >= 11 is 5.85. The third-order valence-electron chi connectivity index (χ3n) is 2.89. The third kappa shape index (κ3) is 4.16. The van der Waals surface area contributed by atoms with Gasteiger partial charge in [-0.15, -0.1) is 0 Å². The minimum atomic E-state index is -0.573. The van der Waals surface area contributed by atoms with Crippen molar-refractivity contribution >= 4 is 23.3 Å². The lowest BCUT2D eigenvalue weighted by molar-refractivity contribution is 0.251. The Morgan fingerprint density at radius 1 is 1.19 bits per heavy atom. The van der Waals surface area contributed by atoms with Crippen LogP contribution < -0.4 is 10.6 Å². The number of urea groups is 1. The fourth-order valence-corrected chi connectivity index (χ4v) is 1.92. The number of nitrogens with one attached hydrogen (secondary N) is 2. The van der Waals surface area contributed by atoms with E-state index in [0.29, 0.717) is 10.7 Å². The van der Waals surface area contributed by atoms with E-state index >= 15 is 0 Å². The first-order chi connectivity index (χ1) is 9.95. The second kappa shape index (κ2) is 6.54. The molecular formula is C15H13ClF2N2O. The Labute approximate surface area is 125 Å². The van der Waals surface area contributed by atoms with Crippen molar-refractivity contribution < 1.29 is 13.6 Å². The maximum absolute atomic E-state index is 13.4. The number of rotatable bonds is 3. The number of aryl methyl sites for hydroxylation is 1. The first kappa shape index (κ1) is 15.3. The van der Waals surface area contributed by atoms with Gasteiger partial charge >= 0.3 is 6.03 Å². The number of anilines is 1. The van der Waals surface area contributed by atoms with E-state index in [2.05, 4.69) is 10.6 Å². The van der Waals surface area contributed by atoms with E-state index in [1.54, 1.807) is 18.2 Å². The molecule has 3 nitrogen and oxygen atoms in total. The van der Waals surface area contributed by atoms with Crippen molar-refractivity contribution in [2.45, 2.75) is 13.5 Å². The molecule has 0 unspecified atom stereocenters. The predicted octanol–water partition coefficient (Wildman–Crippen LogP) is 4.25. The second-order valence-corrected chi connectivity index (χ2v) is 4.94. The smallest absolute Gasteiger partial charge is 0.319 e. The average molecular weight is 311 g/mol. The topological polar surface area (TPSA) is 41.1 Å². The van der Waals surface area contributed by atoms with Gasteiger partial charge in [0.2, 0.25) is 0 Å². The molecule has 2 aromatic rings. The lowest BCUT2D eigenvalue weighted by Gasteiger charge is -2.10. The van der Waals surface area contributed by atoms with Crippen LogP contribution in [0.4, 0.5) is 19.3 Å². The van der Waals surface area contributed by atoms with Gasteiger partial charge < -0.3 is 10.6 Å². The number of amides is 2. The molecule has 0 spiro atoms. The minimum Gasteiger partial charge on any atom is -0.334 e. The molecule has 2 aromatic carbocycles. The quantitative estimate of drug-likeness (QED) is 0.874. The molecule has 0 saturated carbocycles. The normalized spacial score (nSPS) is 10.3. The average Bonchev–Trinajstić information content (AvgIpc) is 2.44. The lowest BCUT2D eigenvalue weighted by Crippen LogP contribution is -2.28. The van der Waals surface area contributed by atoms with Crippen LogP contribution in [0.5, 0.6) is 0 Å². The van der Waals surface area contributed by atoms with Crippen molar-refractivity contribution in [3.05, 3.63) is 64.2 Å². The molecule has 0 fully saturated rings. The molecule has 110 valence electrons. The molecule has 0 atom stereocenters. The zero-order chi connectivity index (χ0) is 15.4. The van der Waals surface area contributed by atoms with Crippen LogP contribution in [0.2, 0.25) is 5.02 Å². The van der Waals surface area contributed by atoms with Gasteiger partial charge in [-0.2, -0.15) is 0 Å². The summed E-state index contributed by atoms with van der Waals surface area (Å²) in [6.45, 7) is 1.70. The van der Waals surface area contributed by atoms with Crippen LogP contribution in [0.1, 0.15) is 11.1 Å². The minimum absolute atomic E-state index is 0.0768. The summed E-state index contributed by atoms with van der Waals surface area (Å²) in [5, 5.41) is 5.56. The summed E-state index contributed by atoms with van der Waals surface area (Å²) in [6, 6.07) is 7.65. The molecule has 6 heteroatoms. The van der Waals surface area contributed by atoms with Crippen LogP contribution >= 0.6 is 11.6 Å². The van der Waals surface area contributed by atoms with Crippen molar-refractivity contribution in [3.63, 3.8) is 0 Å². The summed E-state index contributed by atoms with van der Waals surface area (Å²) in [6.07, 6.45) is 0. The first-order valence-electron chi connectivity index (χ1n) is 6.20. The number of carbonyl (C=O) groups is 1. The molecular weight excluding hydrogens is 298 g/mol. The standard InChI is InChI=1S/C15H13ClF2N2O/c1-9-2-3-11(16)7-14(9)20-15(21)19-8-10-6-12(17)4-5-13(10)18/h2-7H,8H2,1H3,(H2,19,20,21). The van der Waals surface area contributed by atoms with Crippen molar-refractivity contribution in [1.29, 1.82) is 0 Å². The van der Waals surface area contributed by atoms with Crippen LogP contribution in [0.3, 0.4) is 0 Å². The van der Waals surface area contributed by atoms with Gasteiger partial charge in [0, 0.05) is 22.8 Å². The predicted molar refractivity (Wildman–Crippen MR) is 78.4 cm³/mol. The zero-order valence-electron chi connectivity index (χ0n) is 11.2. The largest absolute Gasteiger partial charge is 0.334 e. The Kier molecular flexibility index (Phi) is 4.75.